The number of carboxylic acids is 1. The first-order valence-electron chi connectivity index (χ1n) is 4.75. The molecule has 1 rings (SSSR count). The molecular formula is C9H18N2O2. The molecule has 0 spiro atoms. The van der Waals surface area contributed by atoms with Crippen LogP contribution in [0.4, 0.5) is 0 Å². The van der Waals surface area contributed by atoms with Crippen LogP contribution in [0.2, 0.25) is 0 Å². The summed E-state index contributed by atoms with van der Waals surface area (Å²) >= 11 is 0. The minimum absolute atomic E-state index is 0.120. The first-order valence-corrected chi connectivity index (χ1v) is 4.75. The van der Waals surface area contributed by atoms with E-state index in [-0.39, 0.29) is 12.0 Å². The number of carboxylic acid groups (broad SMARTS) is 1. The Morgan fingerprint density at radius 2 is 2.08 bits per heavy atom. The van der Waals surface area contributed by atoms with E-state index in [9.17, 15) is 4.79 Å². The molecule has 0 amide bonds. The second-order valence-corrected chi connectivity index (χ2v) is 4.15. The molecule has 1 aliphatic carbocycles. The normalized spacial score (nSPS) is 29.8. The van der Waals surface area contributed by atoms with Crippen molar-refractivity contribution in [2.45, 2.75) is 44.8 Å². The molecule has 0 aliphatic heterocycles. The molecule has 0 aromatic rings. The molecule has 13 heavy (non-hydrogen) atoms. The van der Waals surface area contributed by atoms with Crippen molar-refractivity contribution in [2.75, 3.05) is 0 Å². The fourth-order valence-corrected chi connectivity index (χ4v) is 1.60. The van der Waals surface area contributed by atoms with Crippen molar-refractivity contribution in [3.63, 3.8) is 0 Å². The lowest BCUT2D eigenvalue weighted by atomic mass is 9.86. The predicted octanol–water partition coefficient (Wildman–Crippen LogP) is 0.175. The van der Waals surface area contributed by atoms with Gasteiger partial charge in [-0.15, -0.1) is 0 Å². The molecule has 0 heterocycles. The van der Waals surface area contributed by atoms with Crippen molar-refractivity contribution < 1.29 is 9.90 Å². The van der Waals surface area contributed by atoms with Crippen LogP contribution in [0, 0.1) is 5.92 Å². The maximum absolute atomic E-state index is 10.8. The summed E-state index contributed by atoms with van der Waals surface area (Å²) in [6, 6.07) is 0.134. The van der Waals surface area contributed by atoms with Gasteiger partial charge in [0.05, 0.1) is 0 Å². The maximum Gasteiger partial charge on any atom is 0.320 e. The summed E-state index contributed by atoms with van der Waals surface area (Å²) in [5.74, 6) is -0.648. The van der Waals surface area contributed by atoms with Gasteiger partial charge < -0.3 is 16.2 Å². The Hall–Kier alpha value is -0.610. The number of carbonyl (C=O) groups is 1. The molecule has 1 atom stereocenters. The number of nitrogens with two attached hydrogens (primary N) is 1. The summed E-state index contributed by atoms with van der Waals surface area (Å²) in [4.78, 5) is 10.8. The maximum atomic E-state index is 10.8. The number of hydrogen-bond acceptors (Lipinski definition) is 3. The standard InChI is InChI=1S/C9H18N2O2/c1-5(2)8(9(12)13)11-7-3-6(10)4-7/h5-8,11H,3-4,10H2,1-2H3,(H,12,13). The van der Waals surface area contributed by atoms with Crippen molar-refractivity contribution in [1.29, 1.82) is 0 Å². The molecule has 1 saturated carbocycles. The third kappa shape index (κ3) is 2.67. The highest BCUT2D eigenvalue weighted by Gasteiger charge is 2.31. The van der Waals surface area contributed by atoms with Gasteiger partial charge in [-0.3, -0.25) is 4.79 Å². The van der Waals surface area contributed by atoms with Crippen LogP contribution in [-0.2, 0) is 4.79 Å². The quantitative estimate of drug-likeness (QED) is 0.585. The molecular weight excluding hydrogens is 168 g/mol. The summed E-state index contributed by atoms with van der Waals surface area (Å²) in [6.45, 7) is 3.81. The molecule has 76 valence electrons. The molecule has 0 aromatic carbocycles. The van der Waals surface area contributed by atoms with E-state index in [0.29, 0.717) is 6.04 Å². The van der Waals surface area contributed by atoms with Crippen molar-refractivity contribution in [2.24, 2.45) is 11.7 Å². The van der Waals surface area contributed by atoms with Gasteiger partial charge in [-0.05, 0) is 18.8 Å². The number of nitrogens with one attached hydrogen (secondary N) is 1. The number of rotatable bonds is 4. The summed E-state index contributed by atoms with van der Waals surface area (Å²) in [5.41, 5.74) is 5.61. The van der Waals surface area contributed by atoms with Gasteiger partial charge in [-0.25, -0.2) is 0 Å². The lowest BCUT2D eigenvalue weighted by Crippen LogP contribution is -2.55. The monoisotopic (exact) mass is 186 g/mol. The Bertz CT molecular complexity index is 188. The fourth-order valence-electron chi connectivity index (χ4n) is 1.60. The van der Waals surface area contributed by atoms with Crippen LogP contribution in [0.15, 0.2) is 0 Å². The smallest absolute Gasteiger partial charge is 0.320 e. The van der Waals surface area contributed by atoms with Crippen LogP contribution < -0.4 is 11.1 Å². The third-order valence-electron chi connectivity index (χ3n) is 2.52. The molecule has 1 unspecified atom stereocenters. The van der Waals surface area contributed by atoms with Gasteiger partial charge in [0, 0.05) is 12.1 Å². The van der Waals surface area contributed by atoms with Crippen LogP contribution in [0.1, 0.15) is 26.7 Å². The zero-order valence-corrected chi connectivity index (χ0v) is 8.16. The van der Waals surface area contributed by atoms with Crippen LogP contribution in [0.3, 0.4) is 0 Å². The Morgan fingerprint density at radius 1 is 1.54 bits per heavy atom. The van der Waals surface area contributed by atoms with E-state index in [0.717, 1.165) is 12.8 Å². The highest BCUT2D eigenvalue weighted by Crippen LogP contribution is 2.19. The van der Waals surface area contributed by atoms with Gasteiger partial charge in [0.15, 0.2) is 0 Å². The van der Waals surface area contributed by atoms with Gasteiger partial charge in [-0.1, -0.05) is 13.8 Å². The summed E-state index contributed by atoms with van der Waals surface area (Å²) in [6.07, 6.45) is 1.80. The zero-order chi connectivity index (χ0) is 10.0. The van der Waals surface area contributed by atoms with Gasteiger partial charge in [0.1, 0.15) is 6.04 Å². The molecule has 4 nitrogen and oxygen atoms in total. The zero-order valence-electron chi connectivity index (χ0n) is 8.16. The number of hydrogen-bond donors (Lipinski definition) is 3. The van der Waals surface area contributed by atoms with Crippen molar-refractivity contribution >= 4 is 5.97 Å². The van der Waals surface area contributed by atoms with E-state index in [1.54, 1.807) is 0 Å². The van der Waals surface area contributed by atoms with Crippen LogP contribution in [-0.4, -0.2) is 29.2 Å². The van der Waals surface area contributed by atoms with E-state index < -0.39 is 12.0 Å². The Balaban J connectivity index is 2.35. The Morgan fingerprint density at radius 3 is 2.38 bits per heavy atom. The average Bonchev–Trinajstić information content (AvgIpc) is 1.93. The molecule has 0 radical (unpaired) electrons. The largest absolute Gasteiger partial charge is 0.480 e. The SMILES string of the molecule is CC(C)C(NC1CC(N)C1)C(=O)O. The fraction of sp³-hybridized carbons (Fsp3) is 0.889. The average molecular weight is 186 g/mol. The van der Waals surface area contributed by atoms with Gasteiger partial charge in [-0.2, -0.15) is 0 Å². The summed E-state index contributed by atoms with van der Waals surface area (Å²) in [5, 5.41) is 12.0. The first-order chi connectivity index (χ1) is 6.00. The van der Waals surface area contributed by atoms with Crippen LogP contribution in [0.25, 0.3) is 0 Å². The number of aliphatic carboxylic acids is 1. The first kappa shape index (κ1) is 10.5. The lowest BCUT2D eigenvalue weighted by Gasteiger charge is -2.36. The highest BCUT2D eigenvalue weighted by molar-refractivity contribution is 5.73. The van der Waals surface area contributed by atoms with Crippen molar-refractivity contribution in [1.82, 2.24) is 5.32 Å². The van der Waals surface area contributed by atoms with E-state index in [1.165, 1.54) is 0 Å². The molecule has 0 saturated heterocycles. The molecule has 1 fully saturated rings. The summed E-state index contributed by atoms with van der Waals surface area (Å²) < 4.78 is 0. The molecule has 0 aromatic heterocycles. The topological polar surface area (TPSA) is 75.3 Å². The second-order valence-electron chi connectivity index (χ2n) is 4.15. The second kappa shape index (κ2) is 4.07. The van der Waals surface area contributed by atoms with Gasteiger partial charge in [0.25, 0.3) is 0 Å². The van der Waals surface area contributed by atoms with Crippen LogP contribution >= 0.6 is 0 Å². The van der Waals surface area contributed by atoms with E-state index >= 15 is 0 Å². The lowest BCUT2D eigenvalue weighted by molar-refractivity contribution is -0.141. The molecule has 1 aliphatic rings. The van der Waals surface area contributed by atoms with Crippen molar-refractivity contribution in [3.8, 4) is 0 Å². The van der Waals surface area contributed by atoms with E-state index in [1.807, 2.05) is 13.8 Å². The minimum Gasteiger partial charge on any atom is -0.480 e. The third-order valence-corrected chi connectivity index (χ3v) is 2.52. The predicted molar refractivity (Wildman–Crippen MR) is 50.4 cm³/mol. The minimum atomic E-state index is -0.768. The Kier molecular flexibility index (Phi) is 3.27. The van der Waals surface area contributed by atoms with Crippen molar-refractivity contribution in [3.05, 3.63) is 0 Å². The van der Waals surface area contributed by atoms with E-state index in [4.69, 9.17) is 10.8 Å². The van der Waals surface area contributed by atoms with Crippen LogP contribution in [0.5, 0.6) is 0 Å². The van der Waals surface area contributed by atoms with E-state index in [2.05, 4.69) is 5.32 Å². The van der Waals surface area contributed by atoms with Gasteiger partial charge in [0.2, 0.25) is 0 Å². The summed E-state index contributed by atoms with van der Waals surface area (Å²) in [7, 11) is 0. The molecule has 0 bridgehead atoms. The highest BCUT2D eigenvalue weighted by atomic mass is 16.4. The molecule has 4 N–H and O–H groups in total. The van der Waals surface area contributed by atoms with Gasteiger partial charge >= 0.3 is 5.97 Å². The Labute approximate surface area is 78.5 Å². The molecule has 4 heteroatoms.